The van der Waals surface area contributed by atoms with E-state index in [1.165, 1.54) is 10.5 Å². The van der Waals surface area contributed by atoms with E-state index in [9.17, 15) is 8.42 Å². The second kappa shape index (κ2) is 5.70. The van der Waals surface area contributed by atoms with Crippen LogP contribution in [0.5, 0.6) is 0 Å². The third-order valence-electron chi connectivity index (χ3n) is 4.14. The highest BCUT2D eigenvalue weighted by atomic mass is 32.2. The summed E-state index contributed by atoms with van der Waals surface area (Å²) in [5.74, 6) is 1.61. The number of fused-ring (bicyclic) bond motifs is 1. The molecule has 110 valence electrons. The minimum absolute atomic E-state index is 0.465. The Balaban J connectivity index is 1.90. The molecule has 1 aromatic carbocycles. The molecule has 1 atom stereocenters. The van der Waals surface area contributed by atoms with Crippen molar-refractivity contribution in [3.8, 4) is 0 Å². The lowest BCUT2D eigenvalue weighted by Gasteiger charge is -2.30. The molecule has 0 saturated carbocycles. The lowest BCUT2D eigenvalue weighted by molar-refractivity contribution is 0.281. The van der Waals surface area contributed by atoms with Crippen LogP contribution in [-0.4, -0.2) is 31.6 Å². The molecule has 0 aliphatic carbocycles. The van der Waals surface area contributed by atoms with Crippen molar-refractivity contribution in [3.05, 3.63) is 23.8 Å². The van der Waals surface area contributed by atoms with Gasteiger partial charge in [0.25, 0.3) is 0 Å². The number of rotatable bonds is 2. The summed E-state index contributed by atoms with van der Waals surface area (Å²) in [5.41, 5.74) is 1.20. The highest BCUT2D eigenvalue weighted by Gasteiger charge is 2.29. The zero-order valence-electron chi connectivity index (χ0n) is 11.8. The van der Waals surface area contributed by atoms with Gasteiger partial charge in [-0.05, 0) is 61.1 Å². The first-order valence-corrected chi connectivity index (χ1v) is 9.76. The maximum Gasteiger partial charge on any atom is 0.243 e. The predicted molar refractivity (Wildman–Crippen MR) is 82.6 cm³/mol. The molecule has 5 heteroatoms. The normalized spacial score (nSPS) is 24.4. The zero-order valence-corrected chi connectivity index (χ0v) is 13.5. The Morgan fingerprint density at radius 3 is 2.95 bits per heavy atom. The van der Waals surface area contributed by atoms with Crippen LogP contribution in [0.4, 0.5) is 0 Å². The molecule has 0 amide bonds. The van der Waals surface area contributed by atoms with Crippen LogP contribution in [-0.2, 0) is 16.4 Å². The van der Waals surface area contributed by atoms with E-state index in [1.54, 1.807) is 10.4 Å². The first-order valence-electron chi connectivity index (χ1n) is 7.33. The molecule has 1 saturated heterocycles. The van der Waals surface area contributed by atoms with E-state index in [0.717, 1.165) is 31.4 Å². The third kappa shape index (κ3) is 2.76. The Morgan fingerprint density at radius 2 is 2.15 bits per heavy atom. The van der Waals surface area contributed by atoms with Gasteiger partial charge in [0, 0.05) is 18.0 Å². The van der Waals surface area contributed by atoms with E-state index in [-0.39, 0.29) is 0 Å². The fourth-order valence-corrected chi connectivity index (χ4v) is 5.68. The summed E-state index contributed by atoms with van der Waals surface area (Å²) < 4.78 is 27.1. The number of benzene rings is 1. The average Bonchev–Trinajstić information content (AvgIpc) is 2.46. The number of hydrogen-bond acceptors (Lipinski definition) is 3. The second-order valence-corrected chi connectivity index (χ2v) is 8.91. The van der Waals surface area contributed by atoms with Crippen LogP contribution in [0.25, 0.3) is 0 Å². The van der Waals surface area contributed by atoms with Gasteiger partial charge in [0.05, 0.1) is 4.90 Å². The quantitative estimate of drug-likeness (QED) is 0.842. The average molecular weight is 311 g/mol. The van der Waals surface area contributed by atoms with Crippen molar-refractivity contribution < 1.29 is 8.42 Å². The van der Waals surface area contributed by atoms with Crippen LogP contribution in [0.1, 0.15) is 31.7 Å². The fourth-order valence-electron chi connectivity index (χ4n) is 3.01. The topological polar surface area (TPSA) is 37.4 Å². The monoisotopic (exact) mass is 311 g/mol. The van der Waals surface area contributed by atoms with E-state index in [1.807, 2.05) is 23.9 Å². The lowest BCUT2D eigenvalue weighted by Crippen LogP contribution is -2.39. The molecule has 1 fully saturated rings. The summed E-state index contributed by atoms with van der Waals surface area (Å²) in [6.07, 6.45) is 4.25. The first kappa shape index (κ1) is 14.4. The van der Waals surface area contributed by atoms with Gasteiger partial charge in [-0.25, -0.2) is 8.42 Å². The Labute approximate surface area is 125 Å². The minimum atomic E-state index is -3.30. The number of sulfonamides is 1. The van der Waals surface area contributed by atoms with Gasteiger partial charge in [0.15, 0.2) is 0 Å². The van der Waals surface area contributed by atoms with Gasteiger partial charge in [-0.1, -0.05) is 6.92 Å². The van der Waals surface area contributed by atoms with Crippen LogP contribution in [0.2, 0.25) is 0 Å². The van der Waals surface area contributed by atoms with Gasteiger partial charge in [-0.15, -0.1) is 11.8 Å². The van der Waals surface area contributed by atoms with Gasteiger partial charge in [0.1, 0.15) is 0 Å². The number of hydrogen-bond donors (Lipinski definition) is 0. The zero-order chi connectivity index (χ0) is 14.2. The molecule has 2 aliphatic rings. The van der Waals surface area contributed by atoms with Crippen molar-refractivity contribution in [1.82, 2.24) is 4.31 Å². The molecule has 0 aromatic heterocycles. The molecule has 1 aromatic rings. The Kier molecular flexibility index (Phi) is 4.11. The van der Waals surface area contributed by atoms with Crippen molar-refractivity contribution >= 4 is 21.8 Å². The lowest BCUT2D eigenvalue weighted by atomic mass is 10.0. The first-order chi connectivity index (χ1) is 9.57. The Hall–Kier alpha value is -0.520. The van der Waals surface area contributed by atoms with Gasteiger partial charge < -0.3 is 0 Å². The molecule has 3 rings (SSSR count). The summed E-state index contributed by atoms with van der Waals surface area (Å²) in [7, 11) is -3.30. The molecule has 0 N–H and O–H groups in total. The van der Waals surface area contributed by atoms with E-state index in [0.29, 0.717) is 23.9 Å². The standard InChI is InChI=1S/C15H21NO2S2/c1-12-4-2-8-16(11-12)20(17,18)14-6-7-15-13(10-14)5-3-9-19-15/h6-7,10,12H,2-5,8-9,11H2,1H3. The van der Waals surface area contributed by atoms with Gasteiger partial charge in [-0.3, -0.25) is 0 Å². The summed E-state index contributed by atoms with van der Waals surface area (Å²) in [6.45, 7) is 3.46. The summed E-state index contributed by atoms with van der Waals surface area (Å²) >= 11 is 1.84. The highest BCUT2D eigenvalue weighted by molar-refractivity contribution is 7.99. The van der Waals surface area contributed by atoms with Gasteiger partial charge >= 0.3 is 0 Å². The Bertz CT molecular complexity index is 598. The van der Waals surface area contributed by atoms with E-state index < -0.39 is 10.0 Å². The maximum absolute atomic E-state index is 12.7. The summed E-state index contributed by atoms with van der Waals surface area (Å²) in [5, 5.41) is 0. The third-order valence-corrected chi connectivity index (χ3v) is 7.20. The molecular formula is C15H21NO2S2. The van der Waals surface area contributed by atoms with E-state index >= 15 is 0 Å². The van der Waals surface area contributed by atoms with E-state index in [2.05, 4.69) is 6.92 Å². The number of aryl methyl sites for hydroxylation is 1. The predicted octanol–water partition coefficient (Wildman–Crippen LogP) is 3.15. The van der Waals surface area contributed by atoms with Crippen molar-refractivity contribution in [2.45, 2.75) is 42.4 Å². The molecule has 0 spiro atoms. The Morgan fingerprint density at radius 1 is 1.30 bits per heavy atom. The smallest absolute Gasteiger partial charge is 0.207 e. The van der Waals surface area contributed by atoms with Crippen LogP contribution in [0.15, 0.2) is 28.0 Å². The number of thioether (sulfide) groups is 1. The fraction of sp³-hybridized carbons (Fsp3) is 0.600. The molecule has 2 heterocycles. The van der Waals surface area contributed by atoms with Crippen LogP contribution in [0.3, 0.4) is 0 Å². The molecule has 0 radical (unpaired) electrons. The molecule has 20 heavy (non-hydrogen) atoms. The van der Waals surface area contributed by atoms with Crippen LogP contribution in [0, 0.1) is 5.92 Å². The maximum atomic E-state index is 12.7. The molecular weight excluding hydrogens is 290 g/mol. The molecule has 3 nitrogen and oxygen atoms in total. The highest BCUT2D eigenvalue weighted by Crippen LogP contribution is 2.32. The second-order valence-electron chi connectivity index (χ2n) is 5.83. The molecule has 0 bridgehead atoms. The number of nitrogens with zero attached hydrogens (tertiary/aromatic N) is 1. The van der Waals surface area contributed by atoms with Crippen LogP contribution < -0.4 is 0 Å². The minimum Gasteiger partial charge on any atom is -0.207 e. The van der Waals surface area contributed by atoms with Gasteiger partial charge in [0.2, 0.25) is 10.0 Å². The summed E-state index contributed by atoms with van der Waals surface area (Å²) in [6, 6.07) is 5.67. The van der Waals surface area contributed by atoms with E-state index in [4.69, 9.17) is 0 Å². The largest absolute Gasteiger partial charge is 0.243 e. The van der Waals surface area contributed by atoms with Crippen molar-refractivity contribution in [3.63, 3.8) is 0 Å². The van der Waals surface area contributed by atoms with Crippen molar-refractivity contribution in [1.29, 1.82) is 0 Å². The summed E-state index contributed by atoms with van der Waals surface area (Å²) in [4.78, 5) is 1.73. The number of piperidine rings is 1. The van der Waals surface area contributed by atoms with Gasteiger partial charge in [-0.2, -0.15) is 4.31 Å². The van der Waals surface area contributed by atoms with Crippen molar-refractivity contribution in [2.75, 3.05) is 18.8 Å². The van der Waals surface area contributed by atoms with Crippen molar-refractivity contribution in [2.24, 2.45) is 5.92 Å². The van der Waals surface area contributed by atoms with Crippen LogP contribution >= 0.6 is 11.8 Å². The molecule has 2 aliphatic heterocycles. The SMILES string of the molecule is CC1CCCN(S(=O)(=O)c2ccc3c(c2)CCCS3)C1. The molecule has 1 unspecified atom stereocenters.